The van der Waals surface area contributed by atoms with Crippen molar-refractivity contribution in [2.75, 3.05) is 0 Å². The molecule has 0 aliphatic heterocycles. The Morgan fingerprint density at radius 2 is 2.38 bits per heavy atom. The van der Waals surface area contributed by atoms with Crippen LogP contribution in [0.1, 0.15) is 12.0 Å². The summed E-state index contributed by atoms with van der Waals surface area (Å²) in [6.07, 6.45) is 2.42. The van der Waals surface area contributed by atoms with E-state index in [-0.39, 0.29) is 5.11 Å². The Hall–Kier alpha value is -1.20. The van der Waals surface area contributed by atoms with Gasteiger partial charge in [0.05, 0.1) is 5.71 Å². The van der Waals surface area contributed by atoms with Crippen LogP contribution in [0, 0.1) is 0 Å². The lowest BCUT2D eigenvalue weighted by Crippen LogP contribution is -2.25. The fourth-order valence-corrected chi connectivity index (χ4v) is 1.60. The summed E-state index contributed by atoms with van der Waals surface area (Å²) in [5, 5.41) is 4.28. The lowest BCUT2D eigenvalue weighted by atomic mass is 10.1. The number of hydrazone groups is 1. The third-order valence-electron chi connectivity index (χ3n) is 1.80. The predicted octanol–water partition coefficient (Wildman–Crippen LogP) is 2.56. The van der Waals surface area contributed by atoms with Crippen LogP contribution >= 0.6 is 28.1 Å². The molecule has 0 heterocycles. The van der Waals surface area contributed by atoms with E-state index in [0.717, 1.165) is 15.7 Å². The molecule has 0 bridgehead atoms. The van der Waals surface area contributed by atoms with Gasteiger partial charge in [-0.15, -0.1) is 6.58 Å². The van der Waals surface area contributed by atoms with Crippen molar-refractivity contribution in [2.45, 2.75) is 6.42 Å². The largest absolute Gasteiger partial charge is 0.375 e. The van der Waals surface area contributed by atoms with Gasteiger partial charge in [0.2, 0.25) is 0 Å². The number of nitrogens with one attached hydrogen (secondary N) is 1. The lowest BCUT2D eigenvalue weighted by molar-refractivity contribution is 1.02. The van der Waals surface area contributed by atoms with Gasteiger partial charge in [0, 0.05) is 10.9 Å². The Morgan fingerprint density at radius 1 is 1.62 bits per heavy atom. The molecule has 0 radical (unpaired) electrons. The van der Waals surface area contributed by atoms with Gasteiger partial charge >= 0.3 is 0 Å². The van der Waals surface area contributed by atoms with Crippen LogP contribution in [0.25, 0.3) is 0 Å². The summed E-state index contributed by atoms with van der Waals surface area (Å²) in [7, 11) is 0. The second kappa shape index (κ2) is 6.40. The number of benzene rings is 1. The monoisotopic (exact) mass is 297 g/mol. The summed E-state index contributed by atoms with van der Waals surface area (Å²) in [4.78, 5) is 0. The molecule has 0 saturated carbocycles. The Morgan fingerprint density at radius 3 is 2.94 bits per heavy atom. The number of thiocarbonyl (C=S) groups is 1. The molecule has 5 heteroatoms. The van der Waals surface area contributed by atoms with Gasteiger partial charge in [-0.2, -0.15) is 5.10 Å². The average molecular weight is 298 g/mol. The maximum Gasteiger partial charge on any atom is 0.184 e. The van der Waals surface area contributed by atoms with Crippen LogP contribution in [0.5, 0.6) is 0 Å². The van der Waals surface area contributed by atoms with Gasteiger partial charge in [0.25, 0.3) is 0 Å². The molecule has 3 nitrogen and oxygen atoms in total. The minimum atomic E-state index is 0.150. The Labute approximate surface area is 109 Å². The van der Waals surface area contributed by atoms with Gasteiger partial charge in [-0.1, -0.05) is 34.1 Å². The van der Waals surface area contributed by atoms with E-state index in [2.05, 4.69) is 33.0 Å². The molecular weight excluding hydrogens is 286 g/mol. The molecule has 1 aromatic carbocycles. The Kier molecular flexibility index (Phi) is 5.14. The first-order valence-corrected chi connectivity index (χ1v) is 5.82. The van der Waals surface area contributed by atoms with E-state index in [4.69, 9.17) is 18.0 Å². The van der Waals surface area contributed by atoms with Gasteiger partial charge < -0.3 is 5.73 Å². The van der Waals surface area contributed by atoms with Crippen LogP contribution in [0.15, 0.2) is 46.5 Å². The lowest BCUT2D eigenvalue weighted by Gasteiger charge is -2.05. The van der Waals surface area contributed by atoms with Gasteiger partial charge in [-0.25, -0.2) is 0 Å². The molecule has 0 saturated heterocycles. The van der Waals surface area contributed by atoms with Gasteiger partial charge in [-0.05, 0) is 29.9 Å². The van der Waals surface area contributed by atoms with Crippen molar-refractivity contribution in [2.24, 2.45) is 10.8 Å². The highest BCUT2D eigenvalue weighted by Gasteiger charge is 2.02. The van der Waals surface area contributed by atoms with Crippen LogP contribution in [0.3, 0.4) is 0 Å². The standard InChI is InChI=1S/C11H12BrN3S/c1-2-4-10(14-15-11(13)16)8-5-3-6-9(12)7-8/h2-3,5-7H,1,4H2,(H3,13,15,16). The van der Waals surface area contributed by atoms with Crippen LogP contribution in [-0.2, 0) is 0 Å². The predicted molar refractivity (Wildman–Crippen MR) is 75.4 cm³/mol. The van der Waals surface area contributed by atoms with Crippen LogP contribution in [0.2, 0.25) is 0 Å². The summed E-state index contributed by atoms with van der Waals surface area (Å²) in [5.74, 6) is 0. The maximum atomic E-state index is 5.32. The van der Waals surface area contributed by atoms with Crippen molar-refractivity contribution in [3.8, 4) is 0 Å². The molecule has 3 N–H and O–H groups in total. The molecule has 0 aliphatic rings. The highest BCUT2D eigenvalue weighted by molar-refractivity contribution is 9.10. The van der Waals surface area contributed by atoms with Crippen LogP contribution in [-0.4, -0.2) is 10.8 Å². The zero-order chi connectivity index (χ0) is 12.0. The molecule has 0 unspecified atom stereocenters. The van der Waals surface area contributed by atoms with E-state index in [0.29, 0.717) is 6.42 Å². The van der Waals surface area contributed by atoms with E-state index in [1.165, 1.54) is 0 Å². The third-order valence-corrected chi connectivity index (χ3v) is 2.38. The minimum absolute atomic E-state index is 0.150. The molecular formula is C11H12BrN3S. The van der Waals surface area contributed by atoms with Crippen molar-refractivity contribution >= 4 is 39.0 Å². The first kappa shape index (κ1) is 12.9. The number of nitrogens with zero attached hydrogens (tertiary/aromatic N) is 1. The van der Waals surface area contributed by atoms with Gasteiger partial charge in [0.1, 0.15) is 0 Å². The average Bonchev–Trinajstić information content (AvgIpc) is 2.24. The molecule has 0 fully saturated rings. The summed E-state index contributed by atoms with van der Waals surface area (Å²) in [6.45, 7) is 3.69. The molecule has 0 spiro atoms. The number of halogens is 1. The van der Waals surface area contributed by atoms with Crippen molar-refractivity contribution in [1.82, 2.24) is 5.43 Å². The van der Waals surface area contributed by atoms with E-state index < -0.39 is 0 Å². The SMILES string of the molecule is C=CCC(=NNC(N)=S)c1cccc(Br)c1. The van der Waals surface area contributed by atoms with E-state index in [9.17, 15) is 0 Å². The molecule has 84 valence electrons. The first-order valence-electron chi connectivity index (χ1n) is 4.62. The number of nitrogens with two attached hydrogens (primary N) is 1. The molecule has 0 atom stereocenters. The van der Waals surface area contributed by atoms with Crippen LogP contribution in [0.4, 0.5) is 0 Å². The number of hydrogen-bond donors (Lipinski definition) is 2. The van der Waals surface area contributed by atoms with Crippen molar-refractivity contribution in [3.05, 3.63) is 47.0 Å². The number of allylic oxidation sites excluding steroid dienone is 1. The van der Waals surface area contributed by atoms with Crippen LogP contribution < -0.4 is 11.2 Å². The minimum Gasteiger partial charge on any atom is -0.375 e. The molecule has 0 amide bonds. The first-order chi connectivity index (χ1) is 7.63. The van der Waals surface area contributed by atoms with Crippen molar-refractivity contribution in [1.29, 1.82) is 0 Å². The van der Waals surface area contributed by atoms with E-state index in [1.54, 1.807) is 6.08 Å². The third kappa shape index (κ3) is 4.12. The zero-order valence-electron chi connectivity index (χ0n) is 8.61. The number of hydrogen-bond acceptors (Lipinski definition) is 2. The maximum absolute atomic E-state index is 5.32. The van der Waals surface area contributed by atoms with Crippen molar-refractivity contribution < 1.29 is 0 Å². The smallest absolute Gasteiger partial charge is 0.184 e. The Bertz CT molecular complexity index is 429. The summed E-state index contributed by atoms with van der Waals surface area (Å²) < 4.78 is 0.997. The summed E-state index contributed by atoms with van der Waals surface area (Å²) in [5.41, 5.74) is 9.74. The molecule has 16 heavy (non-hydrogen) atoms. The topological polar surface area (TPSA) is 50.4 Å². The highest BCUT2D eigenvalue weighted by atomic mass is 79.9. The molecule has 0 aromatic heterocycles. The fourth-order valence-electron chi connectivity index (χ4n) is 1.16. The molecule has 0 aliphatic carbocycles. The normalized spacial score (nSPS) is 10.9. The fraction of sp³-hybridized carbons (Fsp3) is 0.0909. The van der Waals surface area contributed by atoms with Gasteiger partial charge in [0.15, 0.2) is 5.11 Å². The highest BCUT2D eigenvalue weighted by Crippen LogP contribution is 2.13. The second-order valence-corrected chi connectivity index (χ2v) is 4.39. The number of rotatable bonds is 4. The summed E-state index contributed by atoms with van der Waals surface area (Å²) >= 11 is 8.11. The Balaban J connectivity index is 2.97. The summed E-state index contributed by atoms with van der Waals surface area (Å²) in [6, 6.07) is 7.84. The molecule has 1 aromatic rings. The zero-order valence-corrected chi connectivity index (χ0v) is 11.0. The van der Waals surface area contributed by atoms with Gasteiger partial charge in [-0.3, -0.25) is 5.43 Å². The second-order valence-electron chi connectivity index (χ2n) is 3.04. The quantitative estimate of drug-likeness (QED) is 0.389. The van der Waals surface area contributed by atoms with E-state index in [1.807, 2.05) is 24.3 Å². The van der Waals surface area contributed by atoms with Crippen molar-refractivity contribution in [3.63, 3.8) is 0 Å². The van der Waals surface area contributed by atoms with E-state index >= 15 is 0 Å². The molecule has 1 rings (SSSR count).